The summed E-state index contributed by atoms with van der Waals surface area (Å²) in [6.07, 6.45) is 13.8. The third-order valence-electron chi connectivity index (χ3n) is 14.0. The van der Waals surface area contributed by atoms with Crippen molar-refractivity contribution < 1.29 is 9.90 Å². The van der Waals surface area contributed by atoms with Crippen molar-refractivity contribution in [3.63, 3.8) is 0 Å². The Kier molecular flexibility index (Phi) is 6.14. The molecule has 6 rings (SSSR count). The normalized spacial score (nSPS) is 46.0. The predicted molar refractivity (Wildman–Crippen MR) is 159 cm³/mol. The van der Waals surface area contributed by atoms with Crippen LogP contribution in [0.15, 0.2) is 42.0 Å². The number of hydrogen-bond acceptors (Lipinski definition) is 2. The molecule has 2 N–H and O–H groups in total. The summed E-state index contributed by atoms with van der Waals surface area (Å²) < 4.78 is 0. The van der Waals surface area contributed by atoms with Crippen LogP contribution in [0.4, 0.5) is 0 Å². The van der Waals surface area contributed by atoms with Crippen LogP contribution in [0.2, 0.25) is 0 Å². The molecular weight excluding hydrogens is 478 g/mol. The molecule has 0 aliphatic heterocycles. The lowest BCUT2D eigenvalue weighted by atomic mass is 9.34. The van der Waals surface area contributed by atoms with Crippen molar-refractivity contribution >= 4 is 5.91 Å². The highest BCUT2D eigenvalue weighted by Gasteiger charge is 2.68. The van der Waals surface area contributed by atoms with Gasteiger partial charge in [0.2, 0.25) is 0 Å². The fourth-order valence-electron chi connectivity index (χ4n) is 11.4. The standard InChI is InChI=1S/C36H53NO2/c1-31(2)19-21-36(37-30(39)24-11-9-8-10-12-24)22-20-34(6)25(26(36)23-31)13-14-28-33(5)17-16-29(38)32(3,4)27(33)15-18-35(28,34)7/h8-13,26-29,38H,14-23H2,1-7H3,(H,37,39)/t26-,27-,28+,29-,33-,34+,35+,36-/m0/s1. The van der Waals surface area contributed by atoms with E-state index in [1.807, 2.05) is 30.3 Å². The minimum absolute atomic E-state index is 0.0178. The molecule has 5 aliphatic carbocycles. The zero-order valence-corrected chi connectivity index (χ0v) is 25.7. The zero-order chi connectivity index (χ0) is 28.1. The zero-order valence-electron chi connectivity index (χ0n) is 25.7. The van der Waals surface area contributed by atoms with Gasteiger partial charge in [-0.15, -0.1) is 0 Å². The molecule has 3 nitrogen and oxygen atoms in total. The fourth-order valence-corrected chi connectivity index (χ4v) is 11.4. The maximum absolute atomic E-state index is 13.6. The molecule has 39 heavy (non-hydrogen) atoms. The van der Waals surface area contributed by atoms with Crippen molar-refractivity contribution in [2.45, 2.75) is 124 Å². The fraction of sp³-hybridized carbons (Fsp3) is 0.750. The van der Waals surface area contributed by atoms with Crippen molar-refractivity contribution in [3.8, 4) is 0 Å². The molecular formula is C36H53NO2. The van der Waals surface area contributed by atoms with Gasteiger partial charge in [-0.25, -0.2) is 0 Å². The molecule has 1 amide bonds. The number of benzene rings is 1. The van der Waals surface area contributed by atoms with Crippen LogP contribution in [-0.2, 0) is 0 Å². The average molecular weight is 532 g/mol. The summed E-state index contributed by atoms with van der Waals surface area (Å²) in [7, 11) is 0. The lowest BCUT2D eigenvalue weighted by Gasteiger charge is -2.71. The lowest BCUT2D eigenvalue weighted by Crippen LogP contribution is -2.67. The Hall–Kier alpha value is -1.61. The lowest BCUT2D eigenvalue weighted by molar-refractivity contribution is -0.201. The SMILES string of the molecule is CC1(C)CC[C@]2(NC(=O)c3ccccc3)CC[C@]3(C)C(=CC[C@@H]4[C@@]5(C)CC[C@H](O)C(C)(C)[C@@H]5CC[C@]43C)[C@@H]2C1. The molecule has 1 aromatic rings. The van der Waals surface area contributed by atoms with Crippen LogP contribution in [0.1, 0.15) is 123 Å². The molecule has 0 spiro atoms. The van der Waals surface area contributed by atoms with Gasteiger partial charge in [0.05, 0.1) is 6.10 Å². The Bertz CT molecular complexity index is 1170. The molecule has 0 unspecified atom stereocenters. The van der Waals surface area contributed by atoms with Crippen molar-refractivity contribution in [2.24, 2.45) is 44.8 Å². The van der Waals surface area contributed by atoms with Gasteiger partial charge in [0.1, 0.15) is 0 Å². The van der Waals surface area contributed by atoms with Crippen molar-refractivity contribution in [2.75, 3.05) is 0 Å². The third kappa shape index (κ3) is 3.80. The first-order chi connectivity index (χ1) is 18.2. The van der Waals surface area contributed by atoms with Gasteiger partial charge in [-0.05, 0) is 115 Å². The van der Waals surface area contributed by atoms with Crippen LogP contribution in [0, 0.1) is 44.8 Å². The van der Waals surface area contributed by atoms with E-state index >= 15 is 0 Å². The average Bonchev–Trinajstić information content (AvgIpc) is 2.88. The Balaban J connectivity index is 1.39. The van der Waals surface area contributed by atoms with E-state index in [4.69, 9.17) is 0 Å². The number of nitrogens with one attached hydrogen (secondary N) is 1. The Labute approximate surface area is 237 Å². The van der Waals surface area contributed by atoms with Crippen LogP contribution in [0.3, 0.4) is 0 Å². The van der Waals surface area contributed by atoms with E-state index < -0.39 is 0 Å². The van der Waals surface area contributed by atoms with E-state index in [1.54, 1.807) is 5.57 Å². The molecule has 8 atom stereocenters. The maximum atomic E-state index is 13.6. The van der Waals surface area contributed by atoms with E-state index in [2.05, 4.69) is 59.9 Å². The number of aliphatic hydroxyl groups excluding tert-OH is 1. The van der Waals surface area contributed by atoms with Gasteiger partial charge >= 0.3 is 0 Å². The van der Waals surface area contributed by atoms with E-state index in [0.29, 0.717) is 17.8 Å². The predicted octanol–water partition coefficient (Wildman–Crippen LogP) is 8.33. The van der Waals surface area contributed by atoms with Gasteiger partial charge in [0.25, 0.3) is 5.91 Å². The molecule has 4 saturated carbocycles. The highest BCUT2D eigenvalue weighted by Crippen LogP contribution is 2.74. The quantitative estimate of drug-likeness (QED) is 0.377. The largest absolute Gasteiger partial charge is 0.393 e. The summed E-state index contributed by atoms with van der Waals surface area (Å²) in [6.45, 7) is 17.4. The number of rotatable bonds is 2. The van der Waals surface area contributed by atoms with Crippen LogP contribution in [0.25, 0.3) is 0 Å². The molecule has 0 bridgehead atoms. The molecule has 4 fully saturated rings. The monoisotopic (exact) mass is 531 g/mol. The molecule has 3 heteroatoms. The van der Waals surface area contributed by atoms with E-state index in [1.165, 1.54) is 19.3 Å². The van der Waals surface area contributed by atoms with Crippen LogP contribution in [0.5, 0.6) is 0 Å². The molecule has 1 aromatic carbocycles. The first-order valence-corrected chi connectivity index (χ1v) is 15.9. The summed E-state index contributed by atoms with van der Waals surface area (Å²) in [5.74, 6) is 1.72. The summed E-state index contributed by atoms with van der Waals surface area (Å²) in [6, 6.07) is 9.83. The maximum Gasteiger partial charge on any atom is 0.251 e. The highest BCUT2D eigenvalue weighted by atomic mass is 16.3. The number of amides is 1. The number of fused-ring (bicyclic) bond motifs is 7. The second kappa shape index (κ2) is 8.70. The number of carbonyl (C=O) groups is 1. The minimum atomic E-state index is -0.182. The summed E-state index contributed by atoms with van der Waals surface area (Å²) in [5.41, 5.74) is 3.25. The summed E-state index contributed by atoms with van der Waals surface area (Å²) >= 11 is 0. The summed E-state index contributed by atoms with van der Waals surface area (Å²) in [5, 5.41) is 14.7. The molecule has 0 aromatic heterocycles. The van der Waals surface area contributed by atoms with Gasteiger partial charge in [-0.3, -0.25) is 4.79 Å². The number of allylic oxidation sites excluding steroid dienone is 1. The van der Waals surface area contributed by atoms with Gasteiger partial charge in [0, 0.05) is 17.0 Å². The van der Waals surface area contributed by atoms with Gasteiger partial charge in [-0.2, -0.15) is 0 Å². The van der Waals surface area contributed by atoms with Crippen molar-refractivity contribution in [1.29, 1.82) is 0 Å². The van der Waals surface area contributed by atoms with Crippen LogP contribution < -0.4 is 5.32 Å². The van der Waals surface area contributed by atoms with E-state index in [9.17, 15) is 9.90 Å². The topological polar surface area (TPSA) is 49.3 Å². The molecule has 0 heterocycles. The minimum Gasteiger partial charge on any atom is -0.393 e. The molecule has 0 radical (unpaired) electrons. The van der Waals surface area contributed by atoms with Crippen molar-refractivity contribution in [3.05, 3.63) is 47.5 Å². The Morgan fingerprint density at radius 1 is 0.846 bits per heavy atom. The van der Waals surface area contributed by atoms with Crippen LogP contribution in [-0.4, -0.2) is 22.7 Å². The Morgan fingerprint density at radius 2 is 1.54 bits per heavy atom. The molecule has 5 aliphatic rings. The molecule has 214 valence electrons. The van der Waals surface area contributed by atoms with E-state index in [0.717, 1.165) is 50.5 Å². The van der Waals surface area contributed by atoms with E-state index in [-0.39, 0.29) is 44.6 Å². The van der Waals surface area contributed by atoms with Gasteiger partial charge in [0.15, 0.2) is 0 Å². The van der Waals surface area contributed by atoms with Crippen LogP contribution >= 0.6 is 0 Å². The second-order valence-corrected chi connectivity index (χ2v) is 16.6. The smallest absolute Gasteiger partial charge is 0.251 e. The Morgan fingerprint density at radius 3 is 2.26 bits per heavy atom. The number of hydrogen-bond donors (Lipinski definition) is 2. The molecule has 0 saturated heterocycles. The first-order valence-electron chi connectivity index (χ1n) is 15.9. The highest BCUT2D eigenvalue weighted by molar-refractivity contribution is 5.94. The van der Waals surface area contributed by atoms with Gasteiger partial charge in [-0.1, -0.05) is 78.3 Å². The van der Waals surface area contributed by atoms with Crippen molar-refractivity contribution in [1.82, 2.24) is 5.32 Å². The number of carbonyl (C=O) groups excluding carboxylic acids is 1. The first kappa shape index (κ1) is 27.6. The third-order valence-corrected chi connectivity index (χ3v) is 14.0. The number of aliphatic hydroxyl groups is 1. The summed E-state index contributed by atoms with van der Waals surface area (Å²) in [4.78, 5) is 13.6. The second-order valence-electron chi connectivity index (χ2n) is 16.6. The van der Waals surface area contributed by atoms with Gasteiger partial charge < -0.3 is 10.4 Å².